The van der Waals surface area contributed by atoms with Gasteiger partial charge in [0.25, 0.3) is 0 Å². The first-order valence-electron chi connectivity index (χ1n) is 7.63. The Balaban J connectivity index is 1.51. The molecule has 3 heterocycles. The number of benzene rings is 1. The molecule has 0 aliphatic carbocycles. The SMILES string of the molecule is c1ccc(N2CCC[C@@]3(C[C@H](n4cnnc4)CO3)C2)cc1. The first-order valence-corrected chi connectivity index (χ1v) is 7.63. The lowest BCUT2D eigenvalue weighted by Crippen LogP contribution is -2.48. The molecule has 2 saturated heterocycles. The van der Waals surface area contributed by atoms with Crippen LogP contribution in [0.1, 0.15) is 25.3 Å². The summed E-state index contributed by atoms with van der Waals surface area (Å²) in [5.74, 6) is 0. The summed E-state index contributed by atoms with van der Waals surface area (Å²) in [5.41, 5.74) is 1.29. The molecule has 1 aromatic heterocycles. The number of nitrogens with zero attached hydrogens (tertiary/aromatic N) is 4. The minimum atomic E-state index is -0.0109. The van der Waals surface area contributed by atoms with Gasteiger partial charge >= 0.3 is 0 Å². The van der Waals surface area contributed by atoms with Crippen LogP contribution in [0, 0.1) is 0 Å². The number of para-hydroxylation sites is 1. The fourth-order valence-corrected chi connectivity index (χ4v) is 3.65. The quantitative estimate of drug-likeness (QED) is 0.848. The monoisotopic (exact) mass is 284 g/mol. The third kappa shape index (κ3) is 2.42. The Kier molecular flexibility index (Phi) is 3.15. The summed E-state index contributed by atoms with van der Waals surface area (Å²) in [6.07, 6.45) is 6.98. The van der Waals surface area contributed by atoms with E-state index in [1.807, 2.05) is 0 Å². The van der Waals surface area contributed by atoms with Crippen LogP contribution in [0.5, 0.6) is 0 Å². The summed E-state index contributed by atoms with van der Waals surface area (Å²) in [5, 5.41) is 7.82. The number of hydrogen-bond donors (Lipinski definition) is 0. The average molecular weight is 284 g/mol. The highest BCUT2D eigenvalue weighted by Gasteiger charge is 2.44. The maximum atomic E-state index is 6.25. The van der Waals surface area contributed by atoms with E-state index in [4.69, 9.17) is 4.74 Å². The smallest absolute Gasteiger partial charge is 0.119 e. The molecule has 1 spiro atoms. The van der Waals surface area contributed by atoms with Crippen LogP contribution in [-0.4, -0.2) is 40.1 Å². The van der Waals surface area contributed by atoms with Crippen LogP contribution in [0.3, 0.4) is 0 Å². The molecule has 2 aromatic rings. The molecule has 5 nitrogen and oxygen atoms in total. The van der Waals surface area contributed by atoms with Crippen molar-refractivity contribution in [2.45, 2.75) is 30.9 Å². The van der Waals surface area contributed by atoms with E-state index >= 15 is 0 Å². The van der Waals surface area contributed by atoms with Crippen molar-refractivity contribution in [1.82, 2.24) is 14.8 Å². The van der Waals surface area contributed by atoms with Crippen LogP contribution in [0.15, 0.2) is 43.0 Å². The van der Waals surface area contributed by atoms with Gasteiger partial charge in [0.05, 0.1) is 18.2 Å². The standard InChI is InChI=1S/C16H20N4O/c1-2-5-14(6-3-1)19-8-4-7-16(11-19)9-15(10-21-16)20-12-17-18-13-20/h1-3,5-6,12-13,15H,4,7-11H2/t15-,16+/m0/s1. The van der Waals surface area contributed by atoms with E-state index in [1.165, 1.54) is 12.1 Å². The zero-order valence-electron chi connectivity index (χ0n) is 12.1. The molecule has 2 fully saturated rings. The van der Waals surface area contributed by atoms with Gasteiger partial charge in [0, 0.05) is 25.2 Å². The molecule has 0 radical (unpaired) electrons. The van der Waals surface area contributed by atoms with E-state index in [-0.39, 0.29) is 5.60 Å². The minimum absolute atomic E-state index is 0.0109. The van der Waals surface area contributed by atoms with Crippen LogP contribution in [0.25, 0.3) is 0 Å². The third-order valence-corrected chi connectivity index (χ3v) is 4.71. The molecule has 2 aliphatic rings. The summed E-state index contributed by atoms with van der Waals surface area (Å²) in [6, 6.07) is 11.0. The Morgan fingerprint density at radius 3 is 2.76 bits per heavy atom. The normalized spacial score (nSPS) is 29.1. The Morgan fingerprint density at radius 2 is 1.95 bits per heavy atom. The van der Waals surface area contributed by atoms with Crippen LogP contribution < -0.4 is 4.90 Å². The van der Waals surface area contributed by atoms with Crippen LogP contribution in [-0.2, 0) is 4.74 Å². The topological polar surface area (TPSA) is 43.2 Å². The summed E-state index contributed by atoms with van der Waals surface area (Å²) in [4.78, 5) is 2.46. The lowest BCUT2D eigenvalue weighted by Gasteiger charge is -2.41. The molecule has 21 heavy (non-hydrogen) atoms. The molecular formula is C16H20N4O. The van der Waals surface area contributed by atoms with Gasteiger partial charge in [0.2, 0.25) is 0 Å². The molecule has 5 heteroatoms. The summed E-state index contributed by atoms with van der Waals surface area (Å²) < 4.78 is 8.33. The molecular weight excluding hydrogens is 264 g/mol. The number of rotatable bonds is 2. The highest BCUT2D eigenvalue weighted by Crippen LogP contribution is 2.40. The van der Waals surface area contributed by atoms with Gasteiger partial charge in [0.15, 0.2) is 0 Å². The van der Waals surface area contributed by atoms with Crippen molar-refractivity contribution in [3.8, 4) is 0 Å². The number of ether oxygens (including phenoxy) is 1. The van der Waals surface area contributed by atoms with E-state index in [2.05, 4.69) is 50.0 Å². The number of piperidine rings is 1. The molecule has 0 N–H and O–H groups in total. The molecule has 0 unspecified atom stereocenters. The number of anilines is 1. The van der Waals surface area contributed by atoms with Gasteiger partial charge in [-0.3, -0.25) is 0 Å². The van der Waals surface area contributed by atoms with Crippen LogP contribution in [0.4, 0.5) is 5.69 Å². The van der Waals surface area contributed by atoms with Gasteiger partial charge in [-0.2, -0.15) is 0 Å². The fraction of sp³-hybridized carbons (Fsp3) is 0.500. The number of aromatic nitrogens is 3. The lowest BCUT2D eigenvalue weighted by atomic mass is 9.88. The molecule has 0 amide bonds. The Labute approximate surface area is 124 Å². The van der Waals surface area contributed by atoms with Crippen molar-refractivity contribution in [2.24, 2.45) is 0 Å². The van der Waals surface area contributed by atoms with E-state index in [9.17, 15) is 0 Å². The molecule has 0 bridgehead atoms. The molecule has 2 atom stereocenters. The maximum absolute atomic E-state index is 6.25. The predicted molar refractivity (Wildman–Crippen MR) is 80.2 cm³/mol. The van der Waals surface area contributed by atoms with Gasteiger partial charge in [-0.25, -0.2) is 0 Å². The molecule has 1 aromatic carbocycles. The Morgan fingerprint density at radius 1 is 1.14 bits per heavy atom. The predicted octanol–water partition coefficient (Wildman–Crippen LogP) is 2.28. The van der Waals surface area contributed by atoms with Crippen molar-refractivity contribution in [3.05, 3.63) is 43.0 Å². The van der Waals surface area contributed by atoms with E-state index in [1.54, 1.807) is 12.7 Å². The van der Waals surface area contributed by atoms with Crippen molar-refractivity contribution >= 4 is 5.69 Å². The molecule has 2 aliphatic heterocycles. The molecule has 0 saturated carbocycles. The summed E-state index contributed by atoms with van der Waals surface area (Å²) in [6.45, 7) is 2.86. The minimum Gasteiger partial charge on any atom is -0.371 e. The third-order valence-electron chi connectivity index (χ3n) is 4.71. The van der Waals surface area contributed by atoms with Gasteiger partial charge in [-0.1, -0.05) is 18.2 Å². The van der Waals surface area contributed by atoms with Gasteiger partial charge in [-0.05, 0) is 25.0 Å². The van der Waals surface area contributed by atoms with Gasteiger partial charge in [0.1, 0.15) is 12.7 Å². The maximum Gasteiger partial charge on any atom is 0.119 e. The number of hydrogen-bond acceptors (Lipinski definition) is 4. The summed E-state index contributed by atoms with van der Waals surface area (Å²) >= 11 is 0. The summed E-state index contributed by atoms with van der Waals surface area (Å²) in [7, 11) is 0. The average Bonchev–Trinajstić information content (AvgIpc) is 3.19. The van der Waals surface area contributed by atoms with Crippen molar-refractivity contribution < 1.29 is 4.74 Å². The van der Waals surface area contributed by atoms with E-state index < -0.39 is 0 Å². The second-order valence-corrected chi connectivity index (χ2v) is 6.12. The molecule has 4 rings (SSSR count). The first kappa shape index (κ1) is 12.8. The zero-order valence-corrected chi connectivity index (χ0v) is 12.1. The lowest BCUT2D eigenvalue weighted by molar-refractivity contribution is -0.00687. The van der Waals surface area contributed by atoms with Crippen molar-refractivity contribution in [2.75, 3.05) is 24.6 Å². The first-order chi connectivity index (χ1) is 10.3. The van der Waals surface area contributed by atoms with Crippen LogP contribution in [0.2, 0.25) is 0 Å². The largest absolute Gasteiger partial charge is 0.371 e. The second kappa shape index (κ2) is 5.15. The highest BCUT2D eigenvalue weighted by molar-refractivity contribution is 5.47. The van der Waals surface area contributed by atoms with Gasteiger partial charge < -0.3 is 14.2 Å². The van der Waals surface area contributed by atoms with Crippen molar-refractivity contribution in [1.29, 1.82) is 0 Å². The van der Waals surface area contributed by atoms with Crippen LogP contribution >= 0.6 is 0 Å². The van der Waals surface area contributed by atoms with Crippen molar-refractivity contribution in [3.63, 3.8) is 0 Å². The molecule has 110 valence electrons. The van der Waals surface area contributed by atoms with E-state index in [0.717, 1.165) is 32.5 Å². The second-order valence-electron chi connectivity index (χ2n) is 6.12. The fourth-order valence-electron chi connectivity index (χ4n) is 3.65. The van der Waals surface area contributed by atoms with Gasteiger partial charge in [-0.15, -0.1) is 10.2 Å². The Hall–Kier alpha value is -1.88. The van der Waals surface area contributed by atoms with E-state index in [0.29, 0.717) is 6.04 Å². The highest BCUT2D eigenvalue weighted by atomic mass is 16.5. The zero-order chi connectivity index (χ0) is 14.1. The Bertz CT molecular complexity index is 586.